The predicted octanol–water partition coefficient (Wildman–Crippen LogP) is 0.636. The summed E-state index contributed by atoms with van der Waals surface area (Å²) in [5.41, 5.74) is 0. The van der Waals surface area contributed by atoms with Crippen LogP contribution in [0.1, 0.15) is 37.9 Å². The van der Waals surface area contributed by atoms with Crippen LogP contribution >= 0.6 is 0 Å². The molecule has 2 aliphatic rings. The average Bonchev–Trinajstić information content (AvgIpc) is 2.96. The summed E-state index contributed by atoms with van der Waals surface area (Å²) in [6, 6.07) is 0.159. The van der Waals surface area contributed by atoms with Crippen molar-refractivity contribution in [2.45, 2.75) is 57.8 Å². The Bertz CT molecular complexity index is 504. The number of aryl methyl sites for hydroxylation is 1. The fourth-order valence-corrected chi connectivity index (χ4v) is 3.12. The number of rotatable bonds is 4. The lowest BCUT2D eigenvalue weighted by Crippen LogP contribution is -2.50. The van der Waals surface area contributed by atoms with E-state index < -0.39 is 0 Å². The third-order valence-corrected chi connectivity index (χ3v) is 4.05. The zero-order chi connectivity index (χ0) is 14.8. The van der Waals surface area contributed by atoms with Crippen LogP contribution in [0.25, 0.3) is 0 Å². The van der Waals surface area contributed by atoms with Crippen LogP contribution in [0.2, 0.25) is 0 Å². The highest BCUT2D eigenvalue weighted by molar-refractivity contribution is 5.77. The maximum atomic E-state index is 11.7. The van der Waals surface area contributed by atoms with E-state index in [9.17, 15) is 4.79 Å². The van der Waals surface area contributed by atoms with Gasteiger partial charge in [-0.25, -0.2) is 0 Å². The Labute approximate surface area is 124 Å². The molecule has 0 saturated carbocycles. The Balaban J connectivity index is 1.52. The summed E-state index contributed by atoms with van der Waals surface area (Å²) in [5.74, 6) is 1.20. The molecule has 0 amide bonds. The van der Waals surface area contributed by atoms with Crippen molar-refractivity contribution in [3.05, 3.63) is 11.7 Å². The Morgan fingerprint density at radius 1 is 1.48 bits per heavy atom. The van der Waals surface area contributed by atoms with Gasteiger partial charge in [0.1, 0.15) is 12.1 Å². The maximum absolute atomic E-state index is 11.7. The molecule has 1 aromatic heterocycles. The Kier molecular flexibility index (Phi) is 4.21. The zero-order valence-electron chi connectivity index (χ0n) is 12.5. The van der Waals surface area contributed by atoms with Crippen LogP contribution in [0.3, 0.4) is 0 Å². The van der Waals surface area contributed by atoms with Gasteiger partial charge in [-0.05, 0) is 26.3 Å². The van der Waals surface area contributed by atoms with Crippen molar-refractivity contribution in [1.82, 2.24) is 20.4 Å². The Morgan fingerprint density at radius 3 is 3.00 bits per heavy atom. The molecule has 0 radical (unpaired) electrons. The topological polar surface area (TPSA) is 80.5 Å². The molecule has 7 heteroatoms. The molecule has 3 heterocycles. The van der Waals surface area contributed by atoms with Gasteiger partial charge in [-0.15, -0.1) is 0 Å². The van der Waals surface area contributed by atoms with Gasteiger partial charge in [0.15, 0.2) is 5.82 Å². The molecule has 3 atom stereocenters. The third-order valence-electron chi connectivity index (χ3n) is 4.05. The number of cyclic esters (lactones) is 1. The highest BCUT2D eigenvalue weighted by atomic mass is 16.6. The SMILES string of the molecule is Cc1nc(CN2CCC[C@H](N[C@@H]3C[C@H](C)OC3=O)C2)no1. The molecule has 0 bridgehead atoms. The molecule has 0 aromatic carbocycles. The molecule has 3 rings (SSSR count). The van der Waals surface area contributed by atoms with Gasteiger partial charge in [0.25, 0.3) is 0 Å². The molecule has 2 fully saturated rings. The number of likely N-dealkylation sites (tertiary alicyclic amines) is 1. The molecule has 0 unspecified atom stereocenters. The van der Waals surface area contributed by atoms with Gasteiger partial charge < -0.3 is 14.6 Å². The van der Waals surface area contributed by atoms with Gasteiger partial charge >= 0.3 is 5.97 Å². The van der Waals surface area contributed by atoms with E-state index in [1.165, 1.54) is 0 Å². The Hall–Kier alpha value is -1.47. The number of hydrogen-bond acceptors (Lipinski definition) is 7. The number of nitrogens with zero attached hydrogens (tertiary/aromatic N) is 3. The second-order valence-electron chi connectivity index (χ2n) is 6.01. The quantitative estimate of drug-likeness (QED) is 0.816. The molecular weight excluding hydrogens is 272 g/mol. The van der Waals surface area contributed by atoms with Crippen LogP contribution in [0.15, 0.2) is 4.52 Å². The summed E-state index contributed by atoms with van der Waals surface area (Å²) in [4.78, 5) is 18.2. The minimum atomic E-state index is -0.155. The van der Waals surface area contributed by atoms with Crippen molar-refractivity contribution >= 4 is 5.97 Å². The number of carbonyl (C=O) groups is 1. The van der Waals surface area contributed by atoms with E-state index in [0.717, 1.165) is 38.2 Å². The number of nitrogens with one attached hydrogen (secondary N) is 1. The standard InChI is InChI=1S/C14H22N4O3/c1-9-6-12(14(19)20-9)16-11-4-3-5-18(7-11)8-13-15-10(2)21-17-13/h9,11-12,16H,3-8H2,1-2H3/t9-,11-,12+/m0/s1. The van der Waals surface area contributed by atoms with Gasteiger partial charge in [0, 0.05) is 25.9 Å². The lowest BCUT2D eigenvalue weighted by atomic mass is 10.0. The number of esters is 1. The van der Waals surface area contributed by atoms with E-state index in [-0.39, 0.29) is 18.1 Å². The average molecular weight is 294 g/mol. The Morgan fingerprint density at radius 2 is 2.33 bits per heavy atom. The van der Waals surface area contributed by atoms with Gasteiger partial charge in [0.2, 0.25) is 5.89 Å². The maximum Gasteiger partial charge on any atom is 0.323 e. The number of ether oxygens (including phenoxy) is 1. The first kappa shape index (κ1) is 14.5. The lowest BCUT2D eigenvalue weighted by molar-refractivity contribution is -0.142. The van der Waals surface area contributed by atoms with Gasteiger partial charge in [-0.3, -0.25) is 9.69 Å². The normalized spacial score (nSPS) is 30.6. The van der Waals surface area contributed by atoms with Gasteiger partial charge in [-0.1, -0.05) is 5.16 Å². The predicted molar refractivity (Wildman–Crippen MR) is 74.4 cm³/mol. The first-order valence-electron chi connectivity index (χ1n) is 7.58. The zero-order valence-corrected chi connectivity index (χ0v) is 12.5. The smallest absolute Gasteiger partial charge is 0.323 e. The number of hydrogen-bond donors (Lipinski definition) is 1. The summed E-state index contributed by atoms with van der Waals surface area (Å²) in [6.07, 6.45) is 2.97. The van der Waals surface area contributed by atoms with Crippen molar-refractivity contribution in [2.75, 3.05) is 13.1 Å². The van der Waals surface area contributed by atoms with Crippen molar-refractivity contribution in [2.24, 2.45) is 0 Å². The fraction of sp³-hybridized carbons (Fsp3) is 0.786. The second kappa shape index (κ2) is 6.11. The largest absolute Gasteiger partial charge is 0.461 e. The molecule has 2 aliphatic heterocycles. The monoisotopic (exact) mass is 294 g/mol. The molecule has 21 heavy (non-hydrogen) atoms. The first-order chi connectivity index (χ1) is 10.1. The van der Waals surface area contributed by atoms with E-state index in [2.05, 4.69) is 20.4 Å². The molecule has 116 valence electrons. The van der Waals surface area contributed by atoms with E-state index in [1.54, 1.807) is 6.92 Å². The molecule has 1 aromatic rings. The second-order valence-corrected chi connectivity index (χ2v) is 6.01. The van der Waals surface area contributed by atoms with E-state index >= 15 is 0 Å². The molecule has 7 nitrogen and oxygen atoms in total. The third kappa shape index (κ3) is 3.59. The van der Waals surface area contributed by atoms with E-state index in [0.29, 0.717) is 18.5 Å². The summed E-state index contributed by atoms with van der Waals surface area (Å²) in [6.45, 7) is 6.35. The summed E-state index contributed by atoms with van der Waals surface area (Å²) in [5, 5.41) is 7.38. The van der Waals surface area contributed by atoms with Crippen LogP contribution in [-0.2, 0) is 16.1 Å². The van der Waals surface area contributed by atoms with Crippen molar-refractivity contribution in [1.29, 1.82) is 0 Å². The van der Waals surface area contributed by atoms with E-state index in [1.807, 2.05) is 6.92 Å². The van der Waals surface area contributed by atoms with Gasteiger partial charge in [0.05, 0.1) is 6.54 Å². The number of carbonyl (C=O) groups excluding carboxylic acids is 1. The number of aromatic nitrogens is 2. The van der Waals surface area contributed by atoms with Crippen LogP contribution in [-0.4, -0.2) is 52.3 Å². The number of piperidine rings is 1. The summed E-state index contributed by atoms with van der Waals surface area (Å²) in [7, 11) is 0. The highest BCUT2D eigenvalue weighted by Crippen LogP contribution is 2.18. The minimum Gasteiger partial charge on any atom is -0.461 e. The highest BCUT2D eigenvalue weighted by Gasteiger charge is 2.34. The lowest BCUT2D eigenvalue weighted by Gasteiger charge is -2.33. The molecule has 0 aliphatic carbocycles. The van der Waals surface area contributed by atoms with Crippen LogP contribution in [0, 0.1) is 6.92 Å². The van der Waals surface area contributed by atoms with Crippen LogP contribution in [0.5, 0.6) is 0 Å². The van der Waals surface area contributed by atoms with Crippen LogP contribution < -0.4 is 5.32 Å². The fourth-order valence-electron chi connectivity index (χ4n) is 3.12. The summed E-state index contributed by atoms with van der Waals surface area (Å²) < 4.78 is 10.2. The minimum absolute atomic E-state index is 0.0250. The molecule has 2 saturated heterocycles. The molecular formula is C14H22N4O3. The van der Waals surface area contributed by atoms with Crippen molar-refractivity contribution in [3.8, 4) is 0 Å². The molecule has 1 N–H and O–H groups in total. The molecule has 0 spiro atoms. The first-order valence-corrected chi connectivity index (χ1v) is 7.58. The van der Waals surface area contributed by atoms with E-state index in [4.69, 9.17) is 9.26 Å². The van der Waals surface area contributed by atoms with Gasteiger partial charge in [-0.2, -0.15) is 4.98 Å². The van der Waals surface area contributed by atoms with Crippen molar-refractivity contribution < 1.29 is 14.1 Å². The van der Waals surface area contributed by atoms with Crippen LogP contribution in [0.4, 0.5) is 0 Å². The van der Waals surface area contributed by atoms with Crippen molar-refractivity contribution in [3.63, 3.8) is 0 Å². The summed E-state index contributed by atoms with van der Waals surface area (Å²) >= 11 is 0.